The van der Waals surface area contributed by atoms with Crippen LogP contribution in [-0.4, -0.2) is 11.2 Å². The summed E-state index contributed by atoms with van der Waals surface area (Å²) in [7, 11) is 0. The van der Waals surface area contributed by atoms with Crippen LogP contribution in [0.2, 0.25) is 5.02 Å². The molecular formula is C9H10ClFO. The Morgan fingerprint density at radius 1 is 1.50 bits per heavy atom. The van der Waals surface area contributed by atoms with Gasteiger partial charge in [0.25, 0.3) is 0 Å². The van der Waals surface area contributed by atoms with Crippen molar-refractivity contribution in [2.45, 2.75) is 19.2 Å². The van der Waals surface area contributed by atoms with E-state index in [0.29, 0.717) is 10.6 Å². The molecule has 0 saturated carbocycles. The van der Waals surface area contributed by atoms with Gasteiger partial charge in [0.15, 0.2) is 6.17 Å². The lowest BCUT2D eigenvalue weighted by Gasteiger charge is -2.10. The topological polar surface area (TPSA) is 20.2 Å². The quantitative estimate of drug-likeness (QED) is 0.757. The van der Waals surface area contributed by atoms with E-state index >= 15 is 0 Å². The van der Waals surface area contributed by atoms with E-state index in [1.807, 2.05) is 0 Å². The highest BCUT2D eigenvalue weighted by Gasteiger charge is 2.15. The fraction of sp³-hybridized carbons (Fsp3) is 0.333. The summed E-state index contributed by atoms with van der Waals surface area (Å²) < 4.78 is 13.1. The van der Waals surface area contributed by atoms with E-state index in [2.05, 4.69) is 0 Å². The highest BCUT2D eigenvalue weighted by molar-refractivity contribution is 6.30. The van der Waals surface area contributed by atoms with Crippen molar-refractivity contribution in [3.8, 4) is 0 Å². The summed E-state index contributed by atoms with van der Waals surface area (Å²) in [6.07, 6.45) is -2.35. The molecule has 0 saturated heterocycles. The molecule has 0 aliphatic rings. The Labute approximate surface area is 75.8 Å². The van der Waals surface area contributed by atoms with Crippen LogP contribution in [-0.2, 0) is 0 Å². The van der Waals surface area contributed by atoms with Crippen LogP contribution in [0, 0.1) is 0 Å². The molecule has 0 amide bonds. The third-order valence-electron chi connectivity index (χ3n) is 1.59. The van der Waals surface area contributed by atoms with Crippen molar-refractivity contribution in [2.24, 2.45) is 0 Å². The largest absolute Gasteiger partial charge is 0.390 e. The van der Waals surface area contributed by atoms with Gasteiger partial charge in [0.2, 0.25) is 0 Å². The monoisotopic (exact) mass is 188 g/mol. The first-order valence-corrected chi connectivity index (χ1v) is 4.06. The molecule has 66 valence electrons. The van der Waals surface area contributed by atoms with E-state index in [9.17, 15) is 4.39 Å². The van der Waals surface area contributed by atoms with Gasteiger partial charge in [-0.15, -0.1) is 0 Å². The lowest BCUT2D eigenvalue weighted by Crippen LogP contribution is -2.09. The van der Waals surface area contributed by atoms with Gasteiger partial charge in [0, 0.05) is 5.02 Å². The Morgan fingerprint density at radius 2 is 2.17 bits per heavy atom. The van der Waals surface area contributed by atoms with Crippen molar-refractivity contribution in [3.05, 3.63) is 34.9 Å². The fourth-order valence-corrected chi connectivity index (χ4v) is 1.16. The Balaban J connectivity index is 2.88. The summed E-state index contributed by atoms with van der Waals surface area (Å²) in [6.45, 7) is 1.41. The molecule has 0 bridgehead atoms. The number of hydrogen-bond acceptors (Lipinski definition) is 1. The van der Waals surface area contributed by atoms with Gasteiger partial charge < -0.3 is 5.11 Å². The molecule has 1 aromatic carbocycles. The molecule has 2 atom stereocenters. The summed E-state index contributed by atoms with van der Waals surface area (Å²) in [6, 6.07) is 6.44. The summed E-state index contributed by atoms with van der Waals surface area (Å²) in [5, 5.41) is 9.43. The van der Waals surface area contributed by atoms with Crippen LogP contribution in [0.4, 0.5) is 4.39 Å². The van der Waals surface area contributed by atoms with Gasteiger partial charge in [-0.25, -0.2) is 4.39 Å². The zero-order valence-corrected chi connectivity index (χ0v) is 7.42. The summed E-state index contributed by atoms with van der Waals surface area (Å²) >= 11 is 5.65. The van der Waals surface area contributed by atoms with Gasteiger partial charge in [-0.1, -0.05) is 23.7 Å². The second kappa shape index (κ2) is 3.87. The van der Waals surface area contributed by atoms with Crippen LogP contribution >= 0.6 is 11.6 Å². The number of hydrogen-bond donors (Lipinski definition) is 1. The van der Waals surface area contributed by atoms with Crippen molar-refractivity contribution < 1.29 is 9.50 Å². The molecule has 1 aromatic rings. The molecule has 0 aliphatic carbocycles. The van der Waals surface area contributed by atoms with E-state index in [0.717, 1.165) is 0 Å². The number of aliphatic hydroxyl groups excluding tert-OH is 1. The van der Waals surface area contributed by atoms with Gasteiger partial charge in [0.1, 0.15) is 0 Å². The van der Waals surface area contributed by atoms with E-state index in [4.69, 9.17) is 16.7 Å². The highest BCUT2D eigenvalue weighted by Crippen LogP contribution is 2.23. The molecule has 12 heavy (non-hydrogen) atoms. The minimum atomic E-state index is -1.36. The first kappa shape index (κ1) is 9.49. The Morgan fingerprint density at radius 3 is 2.67 bits per heavy atom. The van der Waals surface area contributed by atoms with Gasteiger partial charge in [0.05, 0.1) is 6.10 Å². The second-order valence-corrected chi connectivity index (χ2v) is 3.13. The van der Waals surface area contributed by atoms with Crippen LogP contribution in [0.1, 0.15) is 18.7 Å². The number of halogens is 2. The van der Waals surface area contributed by atoms with E-state index in [-0.39, 0.29) is 0 Å². The predicted octanol–water partition coefficient (Wildman–Crippen LogP) is 2.73. The number of aliphatic hydroxyl groups is 1. The molecule has 0 spiro atoms. The molecule has 0 fully saturated rings. The van der Waals surface area contributed by atoms with E-state index in [1.54, 1.807) is 18.2 Å². The van der Waals surface area contributed by atoms with Crippen molar-refractivity contribution in [1.29, 1.82) is 0 Å². The van der Waals surface area contributed by atoms with Crippen LogP contribution < -0.4 is 0 Å². The molecule has 0 unspecified atom stereocenters. The standard InChI is InChI=1S/C9H10ClFO/c1-6(12)9(11)7-3-2-4-8(10)5-7/h2-6,9,12H,1H3/t6-,9+/m0/s1. The van der Waals surface area contributed by atoms with E-state index < -0.39 is 12.3 Å². The van der Waals surface area contributed by atoms with Crippen LogP contribution in [0.25, 0.3) is 0 Å². The average molecular weight is 189 g/mol. The number of rotatable bonds is 2. The molecule has 3 heteroatoms. The lowest BCUT2D eigenvalue weighted by molar-refractivity contribution is 0.0933. The van der Waals surface area contributed by atoms with Gasteiger partial charge in [-0.2, -0.15) is 0 Å². The van der Waals surface area contributed by atoms with Gasteiger partial charge in [-0.05, 0) is 24.6 Å². The van der Waals surface area contributed by atoms with Crippen molar-refractivity contribution in [2.75, 3.05) is 0 Å². The van der Waals surface area contributed by atoms with Crippen molar-refractivity contribution in [3.63, 3.8) is 0 Å². The average Bonchev–Trinajstić information content (AvgIpc) is 2.03. The predicted molar refractivity (Wildman–Crippen MR) is 47.0 cm³/mol. The third kappa shape index (κ3) is 2.19. The fourth-order valence-electron chi connectivity index (χ4n) is 0.957. The number of alkyl halides is 1. The summed E-state index contributed by atoms with van der Waals surface area (Å²) in [5.74, 6) is 0. The Bertz CT molecular complexity index is 262. The summed E-state index contributed by atoms with van der Waals surface area (Å²) in [4.78, 5) is 0. The third-order valence-corrected chi connectivity index (χ3v) is 1.83. The zero-order valence-electron chi connectivity index (χ0n) is 6.67. The molecule has 1 rings (SSSR count). The molecule has 0 aliphatic heterocycles. The molecular weight excluding hydrogens is 179 g/mol. The maximum absolute atomic E-state index is 13.1. The first-order valence-electron chi connectivity index (χ1n) is 3.69. The smallest absolute Gasteiger partial charge is 0.151 e. The highest BCUT2D eigenvalue weighted by atomic mass is 35.5. The SMILES string of the molecule is C[C@H](O)[C@@H](F)c1cccc(Cl)c1. The Hall–Kier alpha value is -0.600. The van der Waals surface area contributed by atoms with Crippen molar-refractivity contribution in [1.82, 2.24) is 0 Å². The normalized spacial score (nSPS) is 15.7. The summed E-state index contributed by atoms with van der Waals surface area (Å²) in [5.41, 5.74) is 0.414. The molecule has 0 heterocycles. The number of benzene rings is 1. The first-order chi connectivity index (χ1) is 5.61. The zero-order chi connectivity index (χ0) is 9.14. The van der Waals surface area contributed by atoms with Crippen LogP contribution in [0.15, 0.2) is 24.3 Å². The maximum atomic E-state index is 13.1. The van der Waals surface area contributed by atoms with Crippen LogP contribution in [0.5, 0.6) is 0 Å². The van der Waals surface area contributed by atoms with Crippen molar-refractivity contribution >= 4 is 11.6 Å². The molecule has 0 radical (unpaired) electrons. The van der Waals surface area contributed by atoms with Gasteiger partial charge >= 0.3 is 0 Å². The van der Waals surface area contributed by atoms with Gasteiger partial charge in [-0.3, -0.25) is 0 Å². The lowest BCUT2D eigenvalue weighted by atomic mass is 10.1. The molecule has 0 aromatic heterocycles. The maximum Gasteiger partial charge on any atom is 0.151 e. The van der Waals surface area contributed by atoms with E-state index in [1.165, 1.54) is 13.0 Å². The van der Waals surface area contributed by atoms with Crippen LogP contribution in [0.3, 0.4) is 0 Å². The minimum Gasteiger partial charge on any atom is -0.390 e. The molecule has 1 nitrogen and oxygen atoms in total. The Kier molecular flexibility index (Phi) is 3.06. The molecule has 1 N–H and O–H groups in total. The minimum absolute atomic E-state index is 0.414. The second-order valence-electron chi connectivity index (χ2n) is 2.70.